The molecule has 36 heavy (non-hydrogen) atoms. The molecule has 0 saturated carbocycles. The number of rotatable bonds is 11. The Morgan fingerprint density at radius 2 is 1.94 bits per heavy atom. The number of hydrogen-bond acceptors (Lipinski definition) is 5. The lowest BCUT2D eigenvalue weighted by Crippen LogP contribution is -2.58. The van der Waals surface area contributed by atoms with Gasteiger partial charge < -0.3 is 20.6 Å². The number of amides is 3. The van der Waals surface area contributed by atoms with Gasteiger partial charge >= 0.3 is 0 Å². The van der Waals surface area contributed by atoms with Crippen LogP contribution in [0.3, 0.4) is 0 Å². The van der Waals surface area contributed by atoms with Gasteiger partial charge in [0.05, 0.1) is 29.2 Å². The second kappa shape index (κ2) is 11.4. The summed E-state index contributed by atoms with van der Waals surface area (Å²) in [4.78, 5) is 43.3. The summed E-state index contributed by atoms with van der Waals surface area (Å²) >= 11 is 5.42. The van der Waals surface area contributed by atoms with Gasteiger partial charge in [-0.05, 0) is 30.9 Å². The molecule has 0 aromatic heterocycles. The van der Waals surface area contributed by atoms with Gasteiger partial charge in [0.15, 0.2) is 0 Å². The van der Waals surface area contributed by atoms with Crippen LogP contribution in [0.2, 0.25) is 0 Å². The number of thioether (sulfide) groups is 1. The quantitative estimate of drug-likeness (QED) is 0.273. The van der Waals surface area contributed by atoms with Crippen LogP contribution in [0.4, 0.5) is 5.69 Å². The molecule has 3 fully saturated rings. The maximum atomic E-state index is 14.2. The van der Waals surface area contributed by atoms with E-state index in [1.165, 1.54) is 0 Å². The fourth-order valence-electron chi connectivity index (χ4n) is 6.27. The molecule has 0 aliphatic carbocycles. The summed E-state index contributed by atoms with van der Waals surface area (Å²) in [7, 11) is 0. The molecule has 4 rings (SSSR count). The van der Waals surface area contributed by atoms with E-state index in [-0.39, 0.29) is 40.3 Å². The van der Waals surface area contributed by atoms with Crippen LogP contribution >= 0.6 is 27.7 Å². The molecule has 3 saturated heterocycles. The number of carbonyl (C=O) groups is 3. The molecule has 3 aliphatic rings. The summed E-state index contributed by atoms with van der Waals surface area (Å²) in [6.07, 6.45) is 4.36. The van der Waals surface area contributed by atoms with E-state index >= 15 is 0 Å². The Labute approximate surface area is 226 Å². The number of hydrogen-bond donors (Lipinski definition) is 3. The molecule has 3 amide bonds. The third-order valence-corrected chi connectivity index (χ3v) is 11.5. The zero-order valence-corrected chi connectivity index (χ0v) is 23.7. The highest BCUT2D eigenvalue weighted by Crippen LogP contribution is 2.68. The Balaban J connectivity index is 1.70. The standard InChI is InChI=1S/C27H38BrN3O4S/c1-4-6-10-13-29-25(34)23-27-14-18(28)22(36-27)20(24(33)30-17-11-8-7-9-12-17)21(27)26(35)31(23)19(15-32)16(3)5-2/h7-9,11-12,16,18-23,32H,4-6,10,13-15H2,1-3H3,(H,29,34)(H,30,33)/t16-,18?,19-,20+,21-,22+,23?,27?/m0/s1. The zero-order chi connectivity index (χ0) is 26.0. The van der Waals surface area contributed by atoms with Gasteiger partial charge in [-0.3, -0.25) is 14.4 Å². The summed E-state index contributed by atoms with van der Waals surface area (Å²) in [5.74, 6) is -1.67. The fourth-order valence-corrected chi connectivity index (χ4v) is 9.87. The molecule has 3 heterocycles. The lowest BCUT2D eigenvalue weighted by molar-refractivity contribution is -0.143. The molecule has 7 nitrogen and oxygen atoms in total. The van der Waals surface area contributed by atoms with E-state index in [9.17, 15) is 19.5 Å². The van der Waals surface area contributed by atoms with E-state index in [0.29, 0.717) is 18.7 Å². The van der Waals surface area contributed by atoms with Gasteiger partial charge in [-0.1, -0.05) is 74.2 Å². The van der Waals surface area contributed by atoms with Crippen molar-refractivity contribution in [1.82, 2.24) is 10.2 Å². The third kappa shape index (κ3) is 4.71. The summed E-state index contributed by atoms with van der Waals surface area (Å²) in [6.45, 7) is 6.50. The number of alkyl halides is 1. The summed E-state index contributed by atoms with van der Waals surface area (Å²) in [5, 5.41) is 16.4. The molecular weight excluding hydrogens is 542 g/mol. The number of aliphatic hydroxyl groups is 1. The lowest BCUT2D eigenvalue weighted by Gasteiger charge is -2.39. The molecule has 8 atom stereocenters. The normalized spacial score (nSPS) is 32.3. The molecule has 2 bridgehead atoms. The highest BCUT2D eigenvalue weighted by atomic mass is 79.9. The van der Waals surface area contributed by atoms with E-state index in [1.807, 2.05) is 44.2 Å². The Kier molecular flexibility index (Phi) is 8.72. The number of nitrogens with zero attached hydrogens (tertiary/aromatic N) is 1. The van der Waals surface area contributed by atoms with Gasteiger partial charge in [0, 0.05) is 22.3 Å². The molecular formula is C27H38BrN3O4S. The van der Waals surface area contributed by atoms with Gasteiger partial charge in [-0.2, -0.15) is 0 Å². The van der Waals surface area contributed by atoms with Crippen molar-refractivity contribution in [3.8, 4) is 0 Å². The second-order valence-electron chi connectivity index (χ2n) is 10.4. The first-order valence-corrected chi connectivity index (χ1v) is 15.0. The SMILES string of the molecule is CCCCCNC(=O)C1N([C@@H](CO)[C@@H](C)CC)C(=O)[C@@H]2[C@@H](C(=O)Nc3ccccc3)[C@@H]3SC12CC3Br. The van der Waals surface area contributed by atoms with Crippen LogP contribution in [0, 0.1) is 17.8 Å². The van der Waals surface area contributed by atoms with E-state index in [1.54, 1.807) is 16.7 Å². The molecule has 9 heteroatoms. The number of benzene rings is 1. The Bertz CT molecular complexity index is 966. The van der Waals surface area contributed by atoms with Crippen molar-refractivity contribution in [2.24, 2.45) is 17.8 Å². The van der Waals surface area contributed by atoms with Crippen molar-refractivity contribution in [1.29, 1.82) is 0 Å². The average Bonchev–Trinajstić information content (AvgIpc) is 3.46. The van der Waals surface area contributed by atoms with Crippen LogP contribution in [-0.2, 0) is 14.4 Å². The summed E-state index contributed by atoms with van der Waals surface area (Å²) < 4.78 is -0.704. The number of carbonyl (C=O) groups excluding carboxylic acids is 3. The smallest absolute Gasteiger partial charge is 0.244 e. The Morgan fingerprint density at radius 3 is 2.58 bits per heavy atom. The summed E-state index contributed by atoms with van der Waals surface area (Å²) in [5.41, 5.74) is 0.691. The van der Waals surface area contributed by atoms with E-state index < -0.39 is 28.7 Å². The molecule has 1 spiro atoms. The predicted molar refractivity (Wildman–Crippen MR) is 147 cm³/mol. The molecule has 1 aromatic rings. The number of nitrogens with one attached hydrogen (secondary N) is 2. The van der Waals surface area contributed by atoms with E-state index in [4.69, 9.17) is 0 Å². The minimum Gasteiger partial charge on any atom is -0.394 e. The van der Waals surface area contributed by atoms with Crippen LogP contribution in [-0.4, -0.2) is 67.8 Å². The minimum absolute atomic E-state index is 0.0168. The zero-order valence-electron chi connectivity index (χ0n) is 21.3. The first-order chi connectivity index (χ1) is 17.3. The monoisotopic (exact) mass is 579 g/mol. The Hall–Kier alpha value is -1.58. The number of fused-ring (bicyclic) bond motifs is 1. The van der Waals surface area contributed by atoms with Gasteiger partial charge in [-0.15, -0.1) is 11.8 Å². The number of likely N-dealkylation sites (tertiary alicyclic amines) is 1. The van der Waals surface area contributed by atoms with Gasteiger partial charge in [-0.25, -0.2) is 0 Å². The van der Waals surface area contributed by atoms with Crippen molar-refractivity contribution >= 4 is 51.1 Å². The van der Waals surface area contributed by atoms with Crippen LogP contribution < -0.4 is 10.6 Å². The van der Waals surface area contributed by atoms with E-state index in [0.717, 1.165) is 25.7 Å². The number of halogens is 1. The minimum atomic E-state index is -0.715. The van der Waals surface area contributed by atoms with Crippen molar-refractivity contribution in [3.05, 3.63) is 30.3 Å². The average molecular weight is 581 g/mol. The molecule has 3 aliphatic heterocycles. The predicted octanol–water partition coefficient (Wildman–Crippen LogP) is 3.80. The largest absolute Gasteiger partial charge is 0.394 e. The molecule has 3 N–H and O–H groups in total. The maximum absolute atomic E-state index is 14.2. The first-order valence-electron chi connectivity index (χ1n) is 13.2. The van der Waals surface area contributed by atoms with Crippen molar-refractivity contribution < 1.29 is 19.5 Å². The van der Waals surface area contributed by atoms with Crippen LogP contribution in [0.15, 0.2) is 30.3 Å². The van der Waals surface area contributed by atoms with Gasteiger partial charge in [0.2, 0.25) is 17.7 Å². The number of aliphatic hydroxyl groups excluding tert-OH is 1. The summed E-state index contributed by atoms with van der Waals surface area (Å²) in [6, 6.07) is 8.09. The van der Waals surface area contributed by atoms with Crippen molar-refractivity contribution in [2.45, 2.75) is 79.8 Å². The number of anilines is 1. The Morgan fingerprint density at radius 1 is 1.22 bits per heavy atom. The highest BCUT2D eigenvalue weighted by Gasteiger charge is 2.76. The molecule has 0 radical (unpaired) electrons. The topological polar surface area (TPSA) is 98.7 Å². The molecule has 3 unspecified atom stereocenters. The van der Waals surface area contributed by atoms with Gasteiger partial charge in [0.25, 0.3) is 0 Å². The lowest BCUT2D eigenvalue weighted by atomic mass is 9.70. The van der Waals surface area contributed by atoms with Crippen LogP contribution in [0.1, 0.15) is 52.9 Å². The highest BCUT2D eigenvalue weighted by molar-refractivity contribution is 9.09. The second-order valence-corrected chi connectivity index (χ2v) is 13.1. The van der Waals surface area contributed by atoms with Crippen molar-refractivity contribution in [3.63, 3.8) is 0 Å². The number of unbranched alkanes of at least 4 members (excludes halogenated alkanes) is 2. The van der Waals surface area contributed by atoms with Crippen molar-refractivity contribution in [2.75, 3.05) is 18.5 Å². The maximum Gasteiger partial charge on any atom is 0.244 e. The molecule has 1 aromatic carbocycles. The van der Waals surface area contributed by atoms with Gasteiger partial charge in [0.1, 0.15) is 6.04 Å². The number of para-hydroxylation sites is 1. The van der Waals surface area contributed by atoms with Crippen LogP contribution in [0.25, 0.3) is 0 Å². The first kappa shape index (κ1) is 27.5. The molecule has 198 valence electrons. The van der Waals surface area contributed by atoms with Crippen LogP contribution in [0.5, 0.6) is 0 Å². The van der Waals surface area contributed by atoms with E-state index in [2.05, 4.69) is 33.5 Å². The third-order valence-electron chi connectivity index (χ3n) is 8.24. The fraction of sp³-hybridized carbons (Fsp3) is 0.667.